The number of rotatable bonds is 3. The Morgan fingerprint density at radius 3 is 2.35 bits per heavy atom. The second-order valence-corrected chi connectivity index (χ2v) is 6.25. The number of sulfonamides is 1. The summed E-state index contributed by atoms with van der Waals surface area (Å²) in [5.74, 6) is -0.630. The van der Waals surface area contributed by atoms with Gasteiger partial charge in [0.25, 0.3) is 10.0 Å². The summed E-state index contributed by atoms with van der Waals surface area (Å²) in [5, 5.41) is -0.303. The average Bonchev–Trinajstić information content (AvgIpc) is 2.37. The van der Waals surface area contributed by atoms with Gasteiger partial charge >= 0.3 is 0 Å². The van der Waals surface area contributed by atoms with Crippen molar-refractivity contribution in [3.8, 4) is 0 Å². The van der Waals surface area contributed by atoms with Crippen molar-refractivity contribution < 1.29 is 12.8 Å². The Balaban J connectivity index is 2.43. The molecule has 0 fully saturated rings. The van der Waals surface area contributed by atoms with Gasteiger partial charge in [0.05, 0.1) is 4.90 Å². The fraction of sp³-hybridized carbons (Fsp3) is 0.0909. The van der Waals surface area contributed by atoms with Gasteiger partial charge in [0, 0.05) is 0 Å². The van der Waals surface area contributed by atoms with Crippen LogP contribution >= 0.6 is 23.2 Å². The minimum absolute atomic E-state index is 0.152. The number of aromatic nitrogens is 2. The van der Waals surface area contributed by atoms with E-state index in [0.29, 0.717) is 5.56 Å². The third kappa shape index (κ3) is 3.00. The van der Waals surface area contributed by atoms with Gasteiger partial charge in [-0.15, -0.1) is 0 Å². The van der Waals surface area contributed by atoms with E-state index in [-0.39, 0.29) is 20.9 Å². The third-order valence-corrected chi connectivity index (χ3v) is 4.37. The lowest BCUT2D eigenvalue weighted by Gasteiger charge is -2.10. The first kappa shape index (κ1) is 15.0. The Kier molecular flexibility index (Phi) is 4.12. The summed E-state index contributed by atoms with van der Waals surface area (Å²) in [6.07, 6.45) is 1.09. The van der Waals surface area contributed by atoms with Crippen molar-refractivity contribution >= 4 is 38.9 Å². The molecule has 0 bridgehead atoms. The van der Waals surface area contributed by atoms with E-state index in [0.717, 1.165) is 12.4 Å². The van der Waals surface area contributed by atoms with Gasteiger partial charge in [0.1, 0.15) is 17.8 Å². The molecule has 0 aliphatic rings. The molecule has 0 radical (unpaired) electrons. The lowest BCUT2D eigenvalue weighted by molar-refractivity contribution is 0.593. The van der Waals surface area contributed by atoms with E-state index in [9.17, 15) is 12.8 Å². The Bertz CT molecular complexity index is 748. The number of halogens is 3. The second-order valence-electron chi connectivity index (χ2n) is 3.85. The van der Waals surface area contributed by atoms with E-state index in [2.05, 4.69) is 14.7 Å². The van der Waals surface area contributed by atoms with Gasteiger partial charge in [-0.3, -0.25) is 4.72 Å². The Morgan fingerprint density at radius 2 is 1.80 bits per heavy atom. The predicted molar refractivity (Wildman–Crippen MR) is 74.0 cm³/mol. The number of hydrogen-bond donors (Lipinski definition) is 1. The summed E-state index contributed by atoms with van der Waals surface area (Å²) in [7, 11) is -4.04. The topological polar surface area (TPSA) is 72.0 Å². The zero-order chi connectivity index (χ0) is 14.9. The Labute approximate surface area is 124 Å². The van der Waals surface area contributed by atoms with Crippen LogP contribution < -0.4 is 4.72 Å². The fourth-order valence-corrected chi connectivity index (χ4v) is 2.97. The normalized spacial score (nSPS) is 11.4. The van der Waals surface area contributed by atoms with Crippen molar-refractivity contribution in [2.75, 3.05) is 4.72 Å². The highest BCUT2D eigenvalue weighted by Crippen LogP contribution is 2.28. The van der Waals surface area contributed by atoms with Gasteiger partial charge < -0.3 is 0 Å². The zero-order valence-corrected chi connectivity index (χ0v) is 12.4. The van der Waals surface area contributed by atoms with Crippen molar-refractivity contribution in [3.63, 3.8) is 0 Å². The van der Waals surface area contributed by atoms with E-state index in [1.54, 1.807) is 0 Å². The number of aryl methyl sites for hydroxylation is 1. The molecule has 9 heteroatoms. The number of nitrogens with zero attached hydrogens (tertiary/aromatic N) is 2. The summed E-state index contributed by atoms with van der Waals surface area (Å²) in [6, 6.07) is 3.53. The summed E-state index contributed by atoms with van der Waals surface area (Å²) in [6.45, 7) is 1.53. The SMILES string of the molecule is Cc1ccc(S(=O)(=O)Nc2c(Cl)ncnc2Cl)cc1F. The average molecular weight is 336 g/mol. The molecule has 0 aliphatic carbocycles. The number of anilines is 1. The van der Waals surface area contributed by atoms with E-state index < -0.39 is 15.8 Å². The largest absolute Gasteiger partial charge is 0.274 e. The van der Waals surface area contributed by atoms with Crippen LogP contribution in [0.1, 0.15) is 5.56 Å². The monoisotopic (exact) mass is 335 g/mol. The quantitative estimate of drug-likeness (QED) is 0.875. The van der Waals surface area contributed by atoms with Gasteiger partial charge in [0.15, 0.2) is 10.3 Å². The van der Waals surface area contributed by atoms with Crippen molar-refractivity contribution in [3.05, 3.63) is 46.2 Å². The molecule has 1 heterocycles. The van der Waals surface area contributed by atoms with Crippen LogP contribution in [0.5, 0.6) is 0 Å². The molecule has 0 spiro atoms. The molecule has 1 aromatic carbocycles. The number of nitrogens with one attached hydrogen (secondary N) is 1. The standard InChI is InChI=1S/C11H8Cl2FN3O2S/c1-6-2-3-7(4-8(6)14)20(18,19)17-9-10(12)15-5-16-11(9)13/h2-5,17H,1H3. The number of hydrogen-bond acceptors (Lipinski definition) is 4. The van der Waals surface area contributed by atoms with Crippen LogP contribution in [0.4, 0.5) is 10.1 Å². The maximum Gasteiger partial charge on any atom is 0.262 e. The van der Waals surface area contributed by atoms with E-state index in [1.807, 2.05) is 0 Å². The molecule has 0 saturated carbocycles. The van der Waals surface area contributed by atoms with Crippen LogP contribution in [0.15, 0.2) is 29.4 Å². The molecule has 2 rings (SSSR count). The second kappa shape index (κ2) is 5.51. The summed E-state index contributed by atoms with van der Waals surface area (Å²) in [5.41, 5.74) is 0.180. The summed E-state index contributed by atoms with van der Waals surface area (Å²) in [4.78, 5) is 6.98. The first-order chi connectivity index (χ1) is 9.31. The Morgan fingerprint density at radius 1 is 1.20 bits per heavy atom. The van der Waals surface area contributed by atoms with Gasteiger partial charge in [-0.1, -0.05) is 29.3 Å². The molecule has 0 saturated heterocycles. The smallest absolute Gasteiger partial charge is 0.262 e. The molecular weight excluding hydrogens is 328 g/mol. The summed E-state index contributed by atoms with van der Waals surface area (Å²) < 4.78 is 39.8. The first-order valence-electron chi connectivity index (χ1n) is 5.26. The number of benzene rings is 1. The molecule has 0 unspecified atom stereocenters. The fourth-order valence-electron chi connectivity index (χ4n) is 1.36. The molecule has 1 N–H and O–H groups in total. The van der Waals surface area contributed by atoms with Gasteiger partial charge in [-0.05, 0) is 24.6 Å². The molecule has 0 amide bonds. The predicted octanol–water partition coefficient (Wildman–Crippen LogP) is 3.03. The van der Waals surface area contributed by atoms with E-state index in [4.69, 9.17) is 23.2 Å². The van der Waals surface area contributed by atoms with Crippen molar-refractivity contribution in [1.82, 2.24) is 9.97 Å². The first-order valence-corrected chi connectivity index (χ1v) is 7.50. The van der Waals surface area contributed by atoms with Crippen LogP contribution in [0.2, 0.25) is 10.3 Å². The molecule has 20 heavy (non-hydrogen) atoms. The molecule has 0 aliphatic heterocycles. The molecule has 0 atom stereocenters. The Hall–Kier alpha value is -1.44. The van der Waals surface area contributed by atoms with E-state index in [1.165, 1.54) is 19.1 Å². The highest BCUT2D eigenvalue weighted by molar-refractivity contribution is 7.92. The highest BCUT2D eigenvalue weighted by atomic mass is 35.5. The van der Waals surface area contributed by atoms with Crippen LogP contribution in [0.3, 0.4) is 0 Å². The minimum Gasteiger partial charge on any atom is -0.274 e. The van der Waals surface area contributed by atoms with Crippen molar-refractivity contribution in [1.29, 1.82) is 0 Å². The lowest BCUT2D eigenvalue weighted by atomic mass is 10.2. The highest BCUT2D eigenvalue weighted by Gasteiger charge is 2.19. The van der Waals surface area contributed by atoms with Gasteiger partial charge in [-0.2, -0.15) is 0 Å². The summed E-state index contributed by atoms with van der Waals surface area (Å²) >= 11 is 11.5. The zero-order valence-electron chi connectivity index (χ0n) is 10.1. The maximum absolute atomic E-state index is 13.4. The van der Waals surface area contributed by atoms with Crippen LogP contribution in [-0.4, -0.2) is 18.4 Å². The van der Waals surface area contributed by atoms with Crippen molar-refractivity contribution in [2.24, 2.45) is 0 Å². The van der Waals surface area contributed by atoms with Crippen LogP contribution in [-0.2, 0) is 10.0 Å². The lowest BCUT2D eigenvalue weighted by Crippen LogP contribution is -2.14. The van der Waals surface area contributed by atoms with Crippen LogP contribution in [0, 0.1) is 12.7 Å². The molecule has 5 nitrogen and oxygen atoms in total. The van der Waals surface area contributed by atoms with Gasteiger partial charge in [0.2, 0.25) is 0 Å². The van der Waals surface area contributed by atoms with Crippen molar-refractivity contribution in [2.45, 2.75) is 11.8 Å². The maximum atomic E-state index is 13.4. The third-order valence-electron chi connectivity index (χ3n) is 2.44. The van der Waals surface area contributed by atoms with Gasteiger partial charge in [-0.25, -0.2) is 22.8 Å². The van der Waals surface area contributed by atoms with Crippen LogP contribution in [0.25, 0.3) is 0 Å². The van der Waals surface area contributed by atoms with E-state index >= 15 is 0 Å². The molecule has 106 valence electrons. The molecule has 2 aromatic rings. The molecule has 1 aromatic heterocycles. The minimum atomic E-state index is -4.04. The molecular formula is C11H8Cl2FN3O2S.